The van der Waals surface area contributed by atoms with E-state index in [1.807, 2.05) is 24.5 Å². The molecular formula is C21H28N4O2. The zero-order valence-corrected chi connectivity index (χ0v) is 15.8. The predicted molar refractivity (Wildman–Crippen MR) is 102 cm³/mol. The number of hydrogen-bond acceptors (Lipinski definition) is 4. The molecule has 1 unspecified atom stereocenters. The summed E-state index contributed by atoms with van der Waals surface area (Å²) in [6.07, 6.45) is 13.0. The first-order valence-electron chi connectivity index (χ1n) is 9.99. The molecule has 2 saturated carbocycles. The molecule has 1 saturated heterocycles. The van der Waals surface area contributed by atoms with Crippen LogP contribution >= 0.6 is 0 Å². The lowest BCUT2D eigenvalue weighted by Gasteiger charge is -2.26. The quantitative estimate of drug-likeness (QED) is 0.828. The van der Waals surface area contributed by atoms with E-state index in [1.165, 1.54) is 24.8 Å². The summed E-state index contributed by atoms with van der Waals surface area (Å²) < 4.78 is 0. The van der Waals surface area contributed by atoms with Crippen LogP contribution in [0.15, 0.2) is 24.5 Å². The molecule has 2 amide bonds. The molecule has 1 N–H and O–H groups in total. The maximum Gasteiger partial charge on any atom is 0.225 e. The minimum atomic E-state index is -0.470. The minimum absolute atomic E-state index is 0.307. The van der Waals surface area contributed by atoms with Crippen LogP contribution in [0.4, 0.5) is 0 Å². The van der Waals surface area contributed by atoms with Crippen molar-refractivity contribution >= 4 is 12.3 Å². The third-order valence-corrected chi connectivity index (χ3v) is 5.91. The molecule has 1 aromatic rings. The van der Waals surface area contributed by atoms with Crippen LogP contribution in [0.25, 0.3) is 0 Å². The summed E-state index contributed by atoms with van der Waals surface area (Å²) in [7, 11) is 0. The molecule has 6 nitrogen and oxygen atoms in total. The van der Waals surface area contributed by atoms with Crippen molar-refractivity contribution in [3.63, 3.8) is 0 Å². The van der Waals surface area contributed by atoms with E-state index < -0.39 is 5.54 Å². The van der Waals surface area contributed by atoms with Crippen molar-refractivity contribution < 1.29 is 9.59 Å². The summed E-state index contributed by atoms with van der Waals surface area (Å²) >= 11 is 0. The van der Waals surface area contributed by atoms with Crippen LogP contribution < -0.4 is 5.32 Å². The topological polar surface area (TPSA) is 86.1 Å². The number of rotatable bonds is 4. The van der Waals surface area contributed by atoms with Crippen molar-refractivity contribution in [1.29, 1.82) is 5.26 Å². The van der Waals surface area contributed by atoms with Crippen molar-refractivity contribution in [2.24, 2.45) is 5.92 Å². The fourth-order valence-corrected chi connectivity index (χ4v) is 3.98. The van der Waals surface area contributed by atoms with Gasteiger partial charge in [-0.2, -0.15) is 5.26 Å². The SMILES string of the molecule is N#CC1(NC=O)CC1.O=C(C1CCCCC1)N1CCC(c2cccnc2)C1. The summed E-state index contributed by atoms with van der Waals surface area (Å²) in [5.41, 5.74) is 0.809. The highest BCUT2D eigenvalue weighted by Crippen LogP contribution is 2.33. The normalized spacial score (nSPS) is 23.5. The van der Waals surface area contributed by atoms with Gasteiger partial charge in [-0.1, -0.05) is 25.3 Å². The van der Waals surface area contributed by atoms with E-state index in [-0.39, 0.29) is 0 Å². The smallest absolute Gasteiger partial charge is 0.225 e. The highest BCUT2D eigenvalue weighted by atomic mass is 16.2. The Morgan fingerprint density at radius 2 is 2.07 bits per heavy atom. The molecule has 0 spiro atoms. The van der Waals surface area contributed by atoms with Crippen molar-refractivity contribution in [3.05, 3.63) is 30.1 Å². The van der Waals surface area contributed by atoms with E-state index in [0.717, 1.165) is 45.2 Å². The van der Waals surface area contributed by atoms with Gasteiger partial charge < -0.3 is 10.2 Å². The Morgan fingerprint density at radius 3 is 2.63 bits per heavy atom. The van der Waals surface area contributed by atoms with Gasteiger partial charge in [0.05, 0.1) is 6.07 Å². The van der Waals surface area contributed by atoms with Gasteiger partial charge in [0.15, 0.2) is 0 Å². The summed E-state index contributed by atoms with van der Waals surface area (Å²) in [5.74, 6) is 1.20. The van der Waals surface area contributed by atoms with Gasteiger partial charge in [-0.15, -0.1) is 0 Å². The van der Waals surface area contributed by atoms with Gasteiger partial charge in [-0.05, 0) is 43.7 Å². The predicted octanol–water partition coefficient (Wildman–Crippen LogP) is 2.77. The molecule has 1 atom stereocenters. The molecule has 3 aliphatic rings. The average Bonchev–Trinajstić information content (AvgIpc) is 3.34. The number of aromatic nitrogens is 1. The molecule has 1 aliphatic heterocycles. The molecule has 27 heavy (non-hydrogen) atoms. The van der Waals surface area contributed by atoms with Crippen LogP contribution in [-0.2, 0) is 9.59 Å². The highest BCUT2D eigenvalue weighted by molar-refractivity contribution is 5.79. The first kappa shape index (κ1) is 19.3. The van der Waals surface area contributed by atoms with Crippen molar-refractivity contribution in [3.8, 4) is 6.07 Å². The maximum atomic E-state index is 12.5. The molecule has 4 rings (SSSR count). The fourth-order valence-electron chi connectivity index (χ4n) is 3.98. The number of hydrogen-bond donors (Lipinski definition) is 1. The Kier molecular flexibility index (Phi) is 6.44. The number of pyridine rings is 1. The number of nitrogens with zero attached hydrogens (tertiary/aromatic N) is 3. The molecule has 0 bridgehead atoms. The van der Waals surface area contributed by atoms with E-state index in [1.54, 1.807) is 0 Å². The number of amides is 2. The summed E-state index contributed by atoms with van der Waals surface area (Å²) in [5, 5.41) is 10.8. The van der Waals surface area contributed by atoms with E-state index in [9.17, 15) is 9.59 Å². The Bertz CT molecular complexity index is 675. The molecule has 3 fully saturated rings. The largest absolute Gasteiger partial charge is 0.342 e. The van der Waals surface area contributed by atoms with Crippen molar-refractivity contribution in [1.82, 2.24) is 15.2 Å². The van der Waals surface area contributed by atoms with E-state index in [2.05, 4.69) is 21.3 Å². The van der Waals surface area contributed by atoms with Crippen molar-refractivity contribution in [2.45, 2.75) is 62.8 Å². The van der Waals surface area contributed by atoms with Gasteiger partial charge in [-0.25, -0.2) is 0 Å². The molecule has 2 aliphatic carbocycles. The fraction of sp³-hybridized carbons (Fsp3) is 0.619. The molecular weight excluding hydrogens is 340 g/mol. The Labute approximate surface area is 161 Å². The van der Waals surface area contributed by atoms with Gasteiger partial charge in [-0.3, -0.25) is 14.6 Å². The van der Waals surface area contributed by atoms with E-state index in [0.29, 0.717) is 24.2 Å². The molecule has 2 heterocycles. The van der Waals surface area contributed by atoms with Crippen LogP contribution in [0.1, 0.15) is 62.8 Å². The minimum Gasteiger partial charge on any atom is -0.342 e. The molecule has 1 aromatic heterocycles. The molecule has 0 radical (unpaired) electrons. The van der Waals surface area contributed by atoms with Crippen LogP contribution in [0.2, 0.25) is 0 Å². The monoisotopic (exact) mass is 368 g/mol. The zero-order chi connectivity index (χ0) is 19.1. The summed E-state index contributed by atoms with van der Waals surface area (Å²) in [4.78, 5) is 28.5. The second kappa shape index (κ2) is 8.98. The van der Waals surface area contributed by atoms with Gasteiger partial charge in [0, 0.05) is 37.3 Å². The number of nitriles is 1. The Morgan fingerprint density at radius 1 is 1.30 bits per heavy atom. The Balaban J connectivity index is 0.000000221. The van der Waals surface area contributed by atoms with Crippen LogP contribution in [-0.4, -0.2) is 40.8 Å². The van der Waals surface area contributed by atoms with Crippen molar-refractivity contribution in [2.75, 3.05) is 13.1 Å². The van der Waals surface area contributed by atoms with Crippen LogP contribution in [0.3, 0.4) is 0 Å². The van der Waals surface area contributed by atoms with E-state index in [4.69, 9.17) is 5.26 Å². The molecule has 144 valence electrons. The average molecular weight is 368 g/mol. The standard InChI is InChI=1S/C16H22N2O.C5H6N2O/c19-16(13-5-2-1-3-6-13)18-10-8-15(12-18)14-7-4-9-17-11-14;6-3-5(1-2-5)7-4-8/h4,7,9,11,13,15H,1-3,5-6,8,10,12H2;4H,1-2H2,(H,7,8). The zero-order valence-electron chi connectivity index (χ0n) is 15.8. The number of likely N-dealkylation sites (tertiary alicyclic amines) is 1. The van der Waals surface area contributed by atoms with Crippen LogP contribution in [0.5, 0.6) is 0 Å². The lowest BCUT2D eigenvalue weighted by Crippen LogP contribution is -2.35. The highest BCUT2D eigenvalue weighted by Gasteiger charge is 2.42. The number of nitrogens with one attached hydrogen (secondary N) is 1. The van der Waals surface area contributed by atoms with Gasteiger partial charge >= 0.3 is 0 Å². The van der Waals surface area contributed by atoms with Gasteiger partial charge in [0.25, 0.3) is 0 Å². The second-order valence-corrected chi connectivity index (χ2v) is 7.85. The molecule has 0 aromatic carbocycles. The van der Waals surface area contributed by atoms with E-state index >= 15 is 0 Å². The lowest BCUT2D eigenvalue weighted by molar-refractivity contribution is -0.135. The second-order valence-electron chi connectivity index (χ2n) is 7.85. The summed E-state index contributed by atoms with van der Waals surface area (Å²) in [6.45, 7) is 1.82. The first-order valence-corrected chi connectivity index (χ1v) is 9.99. The number of carbonyl (C=O) groups is 2. The lowest BCUT2D eigenvalue weighted by atomic mass is 9.88. The Hall–Kier alpha value is -2.42. The molecule has 6 heteroatoms. The van der Waals surface area contributed by atoms with Gasteiger partial charge in [0.1, 0.15) is 5.54 Å². The number of carbonyl (C=O) groups excluding carboxylic acids is 2. The van der Waals surface area contributed by atoms with Gasteiger partial charge in [0.2, 0.25) is 12.3 Å². The third kappa shape index (κ3) is 5.06. The third-order valence-electron chi connectivity index (χ3n) is 5.91. The van der Waals surface area contributed by atoms with Crippen LogP contribution in [0, 0.1) is 17.2 Å². The summed E-state index contributed by atoms with van der Waals surface area (Å²) in [6, 6.07) is 6.13. The maximum absolute atomic E-state index is 12.5. The first-order chi connectivity index (χ1) is 13.2.